The molecule has 0 aromatic carbocycles. The minimum absolute atomic E-state index is 0.540. The Hall–Kier alpha value is -0.120. The first-order valence-corrected chi connectivity index (χ1v) is 10.2. The minimum atomic E-state index is 0.540. The van der Waals surface area contributed by atoms with Crippen LogP contribution in [-0.4, -0.2) is 50.5 Å². The van der Waals surface area contributed by atoms with E-state index in [-0.39, 0.29) is 0 Å². The molecule has 3 fully saturated rings. The monoisotopic (exact) mass is 323 g/mol. The van der Waals surface area contributed by atoms with E-state index in [9.17, 15) is 0 Å². The van der Waals surface area contributed by atoms with E-state index in [1.54, 1.807) is 0 Å². The lowest BCUT2D eigenvalue weighted by Gasteiger charge is -2.35. The summed E-state index contributed by atoms with van der Waals surface area (Å²) in [7, 11) is 1.91. The molecule has 0 radical (unpaired) electrons. The number of methoxy groups -OCH3 is 1. The van der Waals surface area contributed by atoms with Crippen molar-refractivity contribution in [3.63, 3.8) is 0 Å². The van der Waals surface area contributed by atoms with Gasteiger partial charge >= 0.3 is 0 Å². The summed E-state index contributed by atoms with van der Waals surface area (Å²) in [5.74, 6) is 1.75. The Bertz CT molecular complexity index is 322. The van der Waals surface area contributed by atoms with Crippen LogP contribution in [0.3, 0.4) is 0 Å². The standard InChI is InChI=1S/C20H37NO2/c1-22-20-7-3-2-6-18(20)16-17-8-10-19(11-9-17)23-15-14-21-12-4-5-13-21/h17-20H,2-16H2,1H3. The topological polar surface area (TPSA) is 21.7 Å². The van der Waals surface area contributed by atoms with Gasteiger partial charge in [-0.25, -0.2) is 0 Å². The van der Waals surface area contributed by atoms with Crippen LogP contribution < -0.4 is 0 Å². The molecular formula is C20H37NO2. The maximum Gasteiger partial charge on any atom is 0.0599 e. The molecule has 0 spiro atoms. The summed E-state index contributed by atoms with van der Waals surface area (Å²) in [6, 6.07) is 0. The molecular weight excluding hydrogens is 286 g/mol. The molecule has 0 N–H and O–H groups in total. The molecule has 0 aromatic rings. The minimum Gasteiger partial charge on any atom is -0.381 e. The molecule has 2 unspecified atom stereocenters. The fourth-order valence-corrected chi connectivity index (χ4v) is 5.07. The van der Waals surface area contributed by atoms with Gasteiger partial charge in [0.2, 0.25) is 0 Å². The number of hydrogen-bond donors (Lipinski definition) is 0. The number of hydrogen-bond acceptors (Lipinski definition) is 3. The largest absolute Gasteiger partial charge is 0.381 e. The third-order valence-electron chi connectivity index (χ3n) is 6.53. The molecule has 3 heteroatoms. The maximum atomic E-state index is 6.16. The van der Waals surface area contributed by atoms with Gasteiger partial charge in [0.1, 0.15) is 0 Å². The van der Waals surface area contributed by atoms with Crippen molar-refractivity contribution in [1.29, 1.82) is 0 Å². The molecule has 1 aliphatic heterocycles. The lowest BCUT2D eigenvalue weighted by molar-refractivity contribution is -0.00899. The first-order chi connectivity index (χ1) is 11.3. The highest BCUT2D eigenvalue weighted by Crippen LogP contribution is 2.37. The number of likely N-dealkylation sites (tertiary alicyclic amines) is 1. The summed E-state index contributed by atoms with van der Waals surface area (Å²) in [5.41, 5.74) is 0. The van der Waals surface area contributed by atoms with Crippen LogP contribution >= 0.6 is 0 Å². The number of ether oxygens (including phenoxy) is 2. The second-order valence-electron chi connectivity index (χ2n) is 8.12. The van der Waals surface area contributed by atoms with E-state index in [0.717, 1.165) is 25.0 Å². The summed E-state index contributed by atoms with van der Waals surface area (Å²) in [5, 5.41) is 0. The van der Waals surface area contributed by atoms with Crippen molar-refractivity contribution in [2.75, 3.05) is 33.4 Å². The van der Waals surface area contributed by atoms with Crippen LogP contribution in [0.4, 0.5) is 0 Å². The molecule has 0 amide bonds. The molecule has 1 saturated heterocycles. The molecule has 2 saturated carbocycles. The molecule has 23 heavy (non-hydrogen) atoms. The third kappa shape index (κ3) is 5.44. The van der Waals surface area contributed by atoms with Gasteiger partial charge in [-0.3, -0.25) is 0 Å². The number of nitrogens with zero attached hydrogens (tertiary/aromatic N) is 1. The Morgan fingerprint density at radius 2 is 1.61 bits per heavy atom. The van der Waals surface area contributed by atoms with Gasteiger partial charge in [-0.05, 0) is 82.7 Å². The Morgan fingerprint density at radius 1 is 0.870 bits per heavy atom. The average Bonchev–Trinajstić information content (AvgIpc) is 3.10. The zero-order valence-electron chi connectivity index (χ0n) is 15.2. The predicted molar refractivity (Wildman–Crippen MR) is 94.7 cm³/mol. The SMILES string of the molecule is COC1CCCCC1CC1CCC(OCCN2CCCC2)CC1. The normalized spacial score (nSPS) is 36.4. The zero-order valence-corrected chi connectivity index (χ0v) is 15.2. The van der Waals surface area contributed by atoms with E-state index in [1.807, 2.05) is 7.11 Å². The van der Waals surface area contributed by atoms with Crippen LogP contribution in [0.2, 0.25) is 0 Å². The van der Waals surface area contributed by atoms with Gasteiger partial charge in [0, 0.05) is 13.7 Å². The van der Waals surface area contributed by atoms with Gasteiger partial charge in [0.15, 0.2) is 0 Å². The smallest absolute Gasteiger partial charge is 0.0599 e. The maximum absolute atomic E-state index is 6.16. The van der Waals surface area contributed by atoms with Crippen LogP contribution in [0.25, 0.3) is 0 Å². The van der Waals surface area contributed by atoms with Gasteiger partial charge < -0.3 is 14.4 Å². The molecule has 2 atom stereocenters. The molecule has 134 valence electrons. The summed E-state index contributed by atoms with van der Waals surface area (Å²) >= 11 is 0. The highest BCUT2D eigenvalue weighted by atomic mass is 16.5. The van der Waals surface area contributed by atoms with Gasteiger partial charge in [-0.1, -0.05) is 12.8 Å². The van der Waals surface area contributed by atoms with Gasteiger partial charge in [-0.2, -0.15) is 0 Å². The highest BCUT2D eigenvalue weighted by molar-refractivity contribution is 4.81. The van der Waals surface area contributed by atoms with Crippen LogP contribution in [0.5, 0.6) is 0 Å². The molecule has 3 aliphatic rings. The summed E-state index contributed by atoms with van der Waals surface area (Å²) in [4.78, 5) is 2.56. The van der Waals surface area contributed by atoms with Crippen LogP contribution in [-0.2, 0) is 9.47 Å². The van der Waals surface area contributed by atoms with E-state index >= 15 is 0 Å². The lowest BCUT2D eigenvalue weighted by atomic mass is 9.76. The van der Waals surface area contributed by atoms with Crippen molar-refractivity contribution in [3.8, 4) is 0 Å². The summed E-state index contributed by atoms with van der Waals surface area (Å²) < 4.78 is 11.9. The van der Waals surface area contributed by atoms with E-state index in [4.69, 9.17) is 9.47 Å². The first kappa shape index (κ1) is 17.7. The summed E-state index contributed by atoms with van der Waals surface area (Å²) in [6.45, 7) is 4.68. The Labute approximate surface area is 143 Å². The fraction of sp³-hybridized carbons (Fsp3) is 1.00. The fourth-order valence-electron chi connectivity index (χ4n) is 5.07. The quantitative estimate of drug-likeness (QED) is 0.699. The average molecular weight is 324 g/mol. The molecule has 3 nitrogen and oxygen atoms in total. The lowest BCUT2D eigenvalue weighted by Crippen LogP contribution is -2.31. The van der Waals surface area contributed by atoms with Crippen LogP contribution in [0, 0.1) is 11.8 Å². The highest BCUT2D eigenvalue weighted by Gasteiger charge is 2.30. The summed E-state index contributed by atoms with van der Waals surface area (Å²) in [6.07, 6.45) is 16.0. The Balaban J connectivity index is 1.30. The van der Waals surface area contributed by atoms with Gasteiger partial charge in [0.05, 0.1) is 18.8 Å². The van der Waals surface area contributed by atoms with E-state index in [1.165, 1.54) is 83.7 Å². The molecule has 1 heterocycles. The van der Waals surface area contributed by atoms with Crippen molar-refractivity contribution in [3.05, 3.63) is 0 Å². The van der Waals surface area contributed by atoms with Crippen LogP contribution in [0.1, 0.15) is 70.6 Å². The van der Waals surface area contributed by atoms with Gasteiger partial charge in [0.25, 0.3) is 0 Å². The Kier molecular flexibility index (Phi) is 7.22. The first-order valence-electron chi connectivity index (χ1n) is 10.2. The van der Waals surface area contributed by atoms with E-state index < -0.39 is 0 Å². The van der Waals surface area contributed by atoms with Crippen molar-refractivity contribution in [1.82, 2.24) is 4.90 Å². The molecule has 0 bridgehead atoms. The second-order valence-corrected chi connectivity index (χ2v) is 8.12. The van der Waals surface area contributed by atoms with Crippen molar-refractivity contribution < 1.29 is 9.47 Å². The predicted octanol–water partition coefficient (Wildman–Crippen LogP) is 4.25. The molecule has 2 aliphatic carbocycles. The van der Waals surface area contributed by atoms with E-state index in [2.05, 4.69) is 4.90 Å². The third-order valence-corrected chi connectivity index (χ3v) is 6.53. The molecule has 0 aromatic heterocycles. The number of rotatable bonds is 7. The molecule has 3 rings (SSSR count). The van der Waals surface area contributed by atoms with Crippen LogP contribution in [0.15, 0.2) is 0 Å². The van der Waals surface area contributed by atoms with E-state index in [0.29, 0.717) is 12.2 Å². The zero-order chi connectivity index (χ0) is 15.9. The van der Waals surface area contributed by atoms with Crippen molar-refractivity contribution in [2.24, 2.45) is 11.8 Å². The second kappa shape index (κ2) is 9.39. The van der Waals surface area contributed by atoms with Crippen molar-refractivity contribution in [2.45, 2.75) is 82.8 Å². The van der Waals surface area contributed by atoms with Crippen molar-refractivity contribution >= 4 is 0 Å². The van der Waals surface area contributed by atoms with Gasteiger partial charge in [-0.15, -0.1) is 0 Å². The Morgan fingerprint density at radius 3 is 2.35 bits per heavy atom.